The Kier molecular flexibility index (Phi) is 2.17. The molecule has 1 aromatic carbocycles. The first-order valence-corrected chi connectivity index (χ1v) is 5.20. The van der Waals surface area contributed by atoms with Crippen LogP contribution in [0.4, 0.5) is 5.69 Å². The van der Waals surface area contributed by atoms with Crippen molar-refractivity contribution in [2.45, 2.75) is 19.4 Å². The van der Waals surface area contributed by atoms with Gasteiger partial charge in [0.05, 0.1) is 0 Å². The van der Waals surface area contributed by atoms with Crippen molar-refractivity contribution in [3.8, 4) is 0 Å². The van der Waals surface area contributed by atoms with E-state index in [9.17, 15) is 9.90 Å². The Morgan fingerprint density at radius 3 is 2.69 bits per heavy atom. The number of hydrogen-bond donors (Lipinski definition) is 2. The second-order valence-electron chi connectivity index (χ2n) is 4.64. The summed E-state index contributed by atoms with van der Waals surface area (Å²) in [5, 5.41) is 13.3. The van der Waals surface area contributed by atoms with Crippen LogP contribution in [0.3, 0.4) is 0 Å². The zero-order chi connectivity index (χ0) is 12.0. The first-order valence-electron chi connectivity index (χ1n) is 5.20. The van der Waals surface area contributed by atoms with Crippen LogP contribution < -0.4 is 5.32 Å². The third kappa shape index (κ3) is 1.15. The summed E-state index contributed by atoms with van der Waals surface area (Å²) in [6.07, 6.45) is 1.61. The summed E-state index contributed by atoms with van der Waals surface area (Å²) in [4.78, 5) is 11.9. The number of carbonyl (C=O) groups is 1. The van der Waals surface area contributed by atoms with Gasteiger partial charge >= 0.3 is 0 Å². The molecule has 0 bridgehead atoms. The fourth-order valence-electron chi connectivity index (χ4n) is 2.03. The molecule has 3 nitrogen and oxygen atoms in total. The molecule has 1 heterocycles. The van der Waals surface area contributed by atoms with Gasteiger partial charge in [-0.1, -0.05) is 38.1 Å². The highest BCUT2D eigenvalue weighted by Crippen LogP contribution is 2.47. The van der Waals surface area contributed by atoms with E-state index in [2.05, 4.69) is 11.9 Å². The summed E-state index contributed by atoms with van der Waals surface area (Å²) in [5.41, 5.74) is -0.968. The van der Waals surface area contributed by atoms with Gasteiger partial charge in [-0.25, -0.2) is 0 Å². The Bertz CT molecular complexity index is 465. The lowest BCUT2D eigenvalue weighted by atomic mass is 9.71. The zero-order valence-corrected chi connectivity index (χ0v) is 9.45. The number of carbonyl (C=O) groups excluding carboxylic acids is 1. The second kappa shape index (κ2) is 3.19. The molecule has 1 aliphatic rings. The van der Waals surface area contributed by atoms with Gasteiger partial charge < -0.3 is 10.4 Å². The van der Waals surface area contributed by atoms with Crippen LogP contribution in [0.25, 0.3) is 0 Å². The van der Waals surface area contributed by atoms with Crippen LogP contribution in [0, 0.1) is 5.41 Å². The lowest BCUT2D eigenvalue weighted by molar-refractivity contribution is -0.143. The van der Waals surface area contributed by atoms with Crippen LogP contribution in [-0.2, 0) is 10.4 Å². The van der Waals surface area contributed by atoms with Gasteiger partial charge in [0.15, 0.2) is 5.60 Å². The van der Waals surface area contributed by atoms with Crippen LogP contribution in [-0.4, -0.2) is 11.0 Å². The Hall–Kier alpha value is -1.61. The standard InChI is InChI=1S/C13H15NO2/c1-4-12(2,3)13(16)9-7-5-6-8-10(9)14-11(13)15/h4-8,16H,1H2,2-3H3,(H,14,15). The van der Waals surface area contributed by atoms with E-state index in [1.165, 1.54) is 0 Å². The molecule has 3 heteroatoms. The van der Waals surface area contributed by atoms with E-state index in [4.69, 9.17) is 0 Å². The van der Waals surface area contributed by atoms with Crippen molar-refractivity contribution in [2.24, 2.45) is 5.41 Å². The molecule has 0 aromatic heterocycles. The summed E-state index contributed by atoms with van der Waals surface area (Å²) >= 11 is 0. The number of fused-ring (bicyclic) bond motifs is 1. The van der Waals surface area contributed by atoms with Crippen molar-refractivity contribution in [1.82, 2.24) is 0 Å². The van der Waals surface area contributed by atoms with Gasteiger partial charge in [-0.3, -0.25) is 4.79 Å². The molecule has 84 valence electrons. The molecule has 1 aliphatic heterocycles. The number of benzene rings is 1. The first kappa shape index (κ1) is 10.9. The van der Waals surface area contributed by atoms with Crippen molar-refractivity contribution in [3.63, 3.8) is 0 Å². The molecule has 0 saturated carbocycles. The Morgan fingerprint density at radius 1 is 1.44 bits per heavy atom. The van der Waals surface area contributed by atoms with E-state index >= 15 is 0 Å². The molecule has 1 atom stereocenters. The molecule has 0 spiro atoms. The van der Waals surface area contributed by atoms with E-state index in [1.807, 2.05) is 12.1 Å². The molecule has 2 N–H and O–H groups in total. The fourth-order valence-corrected chi connectivity index (χ4v) is 2.03. The number of hydrogen-bond acceptors (Lipinski definition) is 2. The number of aliphatic hydroxyl groups is 1. The van der Waals surface area contributed by atoms with Crippen molar-refractivity contribution in [1.29, 1.82) is 0 Å². The smallest absolute Gasteiger partial charge is 0.261 e. The van der Waals surface area contributed by atoms with Crippen LogP contribution >= 0.6 is 0 Å². The number of anilines is 1. The molecule has 2 rings (SSSR count). The third-order valence-corrected chi connectivity index (χ3v) is 3.34. The number of nitrogens with one attached hydrogen (secondary N) is 1. The number of rotatable bonds is 2. The SMILES string of the molecule is C=CC(C)(C)C1(O)C(=O)Nc2ccccc21. The van der Waals surface area contributed by atoms with Crippen molar-refractivity contribution >= 4 is 11.6 Å². The van der Waals surface area contributed by atoms with E-state index < -0.39 is 16.9 Å². The Labute approximate surface area is 94.8 Å². The summed E-state index contributed by atoms with van der Waals surface area (Å²) < 4.78 is 0. The molecule has 0 aliphatic carbocycles. The average molecular weight is 217 g/mol. The van der Waals surface area contributed by atoms with Gasteiger partial charge in [-0.2, -0.15) is 0 Å². The molecular weight excluding hydrogens is 202 g/mol. The third-order valence-electron chi connectivity index (χ3n) is 3.34. The van der Waals surface area contributed by atoms with Gasteiger partial charge in [0.1, 0.15) is 0 Å². The molecule has 0 fully saturated rings. The topological polar surface area (TPSA) is 49.3 Å². The van der Waals surface area contributed by atoms with Crippen molar-refractivity contribution < 1.29 is 9.90 Å². The van der Waals surface area contributed by atoms with Crippen LogP contribution in [0.5, 0.6) is 0 Å². The molecule has 16 heavy (non-hydrogen) atoms. The molecule has 0 saturated heterocycles. The fraction of sp³-hybridized carbons (Fsp3) is 0.308. The van der Waals surface area contributed by atoms with E-state index in [-0.39, 0.29) is 0 Å². The van der Waals surface area contributed by atoms with Crippen molar-refractivity contribution in [2.75, 3.05) is 5.32 Å². The van der Waals surface area contributed by atoms with Crippen LogP contribution in [0.1, 0.15) is 19.4 Å². The van der Waals surface area contributed by atoms with E-state index in [0.717, 1.165) is 0 Å². The maximum atomic E-state index is 11.9. The minimum Gasteiger partial charge on any atom is -0.375 e. The van der Waals surface area contributed by atoms with Gasteiger partial charge in [0, 0.05) is 16.7 Å². The van der Waals surface area contributed by atoms with Gasteiger partial charge in [0.25, 0.3) is 5.91 Å². The normalized spacial score (nSPS) is 23.8. The van der Waals surface area contributed by atoms with E-state index in [0.29, 0.717) is 11.3 Å². The minimum atomic E-state index is -1.54. The van der Waals surface area contributed by atoms with Crippen LogP contribution in [0.2, 0.25) is 0 Å². The maximum absolute atomic E-state index is 11.9. The summed E-state index contributed by atoms with van der Waals surface area (Å²) in [7, 11) is 0. The zero-order valence-electron chi connectivity index (χ0n) is 9.45. The highest BCUT2D eigenvalue weighted by Gasteiger charge is 2.54. The largest absolute Gasteiger partial charge is 0.375 e. The summed E-state index contributed by atoms with van der Waals surface area (Å²) in [5.74, 6) is -0.390. The lowest BCUT2D eigenvalue weighted by Crippen LogP contribution is -2.46. The quantitative estimate of drug-likeness (QED) is 0.745. The highest BCUT2D eigenvalue weighted by molar-refractivity contribution is 6.05. The molecule has 1 aromatic rings. The minimum absolute atomic E-state index is 0.390. The molecule has 1 amide bonds. The van der Waals surface area contributed by atoms with Crippen LogP contribution in [0.15, 0.2) is 36.9 Å². The van der Waals surface area contributed by atoms with Gasteiger partial charge in [-0.15, -0.1) is 6.58 Å². The highest BCUT2D eigenvalue weighted by atomic mass is 16.3. The first-order chi connectivity index (χ1) is 7.43. The molecule has 1 unspecified atom stereocenters. The van der Waals surface area contributed by atoms with E-state index in [1.54, 1.807) is 32.1 Å². The number of para-hydroxylation sites is 1. The summed E-state index contributed by atoms with van der Waals surface area (Å²) in [6, 6.07) is 7.18. The maximum Gasteiger partial charge on any atom is 0.261 e. The predicted molar refractivity (Wildman–Crippen MR) is 62.9 cm³/mol. The second-order valence-corrected chi connectivity index (χ2v) is 4.64. The number of amides is 1. The Balaban J connectivity index is 2.66. The van der Waals surface area contributed by atoms with Crippen molar-refractivity contribution in [3.05, 3.63) is 42.5 Å². The summed E-state index contributed by atoms with van der Waals surface area (Å²) in [6.45, 7) is 7.28. The average Bonchev–Trinajstić information content (AvgIpc) is 2.53. The predicted octanol–water partition coefficient (Wildman–Crippen LogP) is 2.04. The Morgan fingerprint density at radius 2 is 2.06 bits per heavy atom. The molecule has 0 radical (unpaired) electrons. The van der Waals surface area contributed by atoms with Gasteiger partial charge in [0.2, 0.25) is 0 Å². The molecular formula is C13H15NO2. The lowest BCUT2D eigenvalue weighted by Gasteiger charge is -2.35. The van der Waals surface area contributed by atoms with Gasteiger partial charge in [-0.05, 0) is 6.07 Å². The monoisotopic (exact) mass is 217 g/mol.